The van der Waals surface area contributed by atoms with E-state index in [1.807, 2.05) is 36.4 Å². The van der Waals surface area contributed by atoms with Crippen LogP contribution in [0.3, 0.4) is 0 Å². The van der Waals surface area contributed by atoms with Crippen LogP contribution in [0.5, 0.6) is 0 Å². The molecule has 1 nitrogen and oxygen atoms in total. The number of rotatable bonds is 1. The van der Waals surface area contributed by atoms with Gasteiger partial charge in [0.25, 0.3) is 0 Å². The van der Waals surface area contributed by atoms with E-state index in [-0.39, 0.29) is 5.78 Å². The third-order valence-corrected chi connectivity index (χ3v) is 3.48. The van der Waals surface area contributed by atoms with Crippen molar-refractivity contribution in [2.75, 3.05) is 0 Å². The zero-order valence-electron chi connectivity index (χ0n) is 7.94. The van der Waals surface area contributed by atoms with E-state index >= 15 is 0 Å². The molecule has 1 aliphatic carbocycles. The van der Waals surface area contributed by atoms with Gasteiger partial charge in [-0.2, -0.15) is 0 Å². The van der Waals surface area contributed by atoms with Crippen LogP contribution >= 0.6 is 11.3 Å². The van der Waals surface area contributed by atoms with Crippen LogP contribution in [0.2, 0.25) is 0 Å². The molecule has 0 saturated heterocycles. The summed E-state index contributed by atoms with van der Waals surface area (Å²) in [6, 6.07) is 10.0. The zero-order valence-corrected chi connectivity index (χ0v) is 8.75. The molecule has 2 heteroatoms. The number of carbonyl (C=O) groups excluding carboxylic acids is 1. The lowest BCUT2D eigenvalue weighted by molar-refractivity contribution is 0.105. The lowest BCUT2D eigenvalue weighted by atomic mass is 10.0. The maximum absolute atomic E-state index is 11.6. The molecule has 1 aromatic carbocycles. The van der Waals surface area contributed by atoms with Crippen LogP contribution in [0.15, 0.2) is 41.8 Å². The molecule has 0 spiro atoms. The fourth-order valence-corrected chi connectivity index (χ4v) is 2.79. The van der Waals surface area contributed by atoms with Gasteiger partial charge in [-0.1, -0.05) is 30.3 Å². The minimum Gasteiger partial charge on any atom is -0.289 e. The van der Waals surface area contributed by atoms with Gasteiger partial charge in [-0.05, 0) is 23.1 Å². The van der Waals surface area contributed by atoms with Gasteiger partial charge in [0.2, 0.25) is 0 Å². The van der Waals surface area contributed by atoms with Crippen molar-refractivity contribution in [1.82, 2.24) is 0 Å². The Labute approximate surface area is 91.7 Å². The Balaban J connectivity index is 2.21. The maximum atomic E-state index is 11.6. The highest BCUT2D eigenvalue weighted by atomic mass is 32.1. The fraction of sp³-hybridized carbons (Fsp3) is 0. The van der Waals surface area contributed by atoms with Gasteiger partial charge in [-0.3, -0.25) is 4.79 Å². The van der Waals surface area contributed by atoms with Crippen molar-refractivity contribution in [2.45, 2.75) is 0 Å². The predicted octanol–water partition coefficient (Wildman–Crippen LogP) is 3.62. The summed E-state index contributed by atoms with van der Waals surface area (Å²) in [6.45, 7) is 0. The third kappa shape index (κ3) is 1.26. The zero-order chi connectivity index (χ0) is 10.3. The Morgan fingerprint density at radius 2 is 1.80 bits per heavy atom. The van der Waals surface area contributed by atoms with Crippen LogP contribution in [0.4, 0.5) is 0 Å². The number of fused-ring (bicyclic) bond motifs is 1. The number of hydrogen-bond donors (Lipinski definition) is 0. The minimum atomic E-state index is 0.130. The Hall–Kier alpha value is -1.67. The van der Waals surface area contributed by atoms with Crippen LogP contribution in [-0.2, 0) is 0 Å². The van der Waals surface area contributed by atoms with E-state index in [9.17, 15) is 4.79 Å². The average Bonchev–Trinajstić information content (AvgIpc) is 2.84. The summed E-state index contributed by atoms with van der Waals surface area (Å²) in [7, 11) is 0. The molecule has 0 unspecified atom stereocenters. The molecule has 1 aromatic heterocycles. The Kier molecular flexibility index (Phi) is 1.82. The quantitative estimate of drug-likeness (QED) is 0.705. The first kappa shape index (κ1) is 8.62. The van der Waals surface area contributed by atoms with Gasteiger partial charge in [0, 0.05) is 16.0 Å². The molecule has 15 heavy (non-hydrogen) atoms. The van der Waals surface area contributed by atoms with Crippen molar-refractivity contribution in [1.29, 1.82) is 0 Å². The summed E-state index contributed by atoms with van der Waals surface area (Å²) >= 11 is 1.63. The van der Waals surface area contributed by atoms with E-state index in [1.54, 1.807) is 17.4 Å². The standard InChI is InChI=1S/C13H8OS/c14-11-6-7-12-13(11)10(8-15-12)9-4-2-1-3-5-9/h1-8H. The minimum absolute atomic E-state index is 0.130. The molecule has 0 atom stereocenters. The normalized spacial score (nSPS) is 13.2. The molecular weight excluding hydrogens is 204 g/mol. The molecule has 1 heterocycles. The molecule has 0 bridgehead atoms. The Morgan fingerprint density at radius 1 is 1.00 bits per heavy atom. The molecule has 0 N–H and O–H groups in total. The van der Waals surface area contributed by atoms with Crippen LogP contribution in [0.25, 0.3) is 17.2 Å². The van der Waals surface area contributed by atoms with Crippen molar-refractivity contribution < 1.29 is 4.79 Å². The largest absolute Gasteiger partial charge is 0.289 e. The van der Waals surface area contributed by atoms with Crippen LogP contribution in [0.1, 0.15) is 15.2 Å². The Morgan fingerprint density at radius 3 is 2.60 bits per heavy atom. The van der Waals surface area contributed by atoms with Gasteiger partial charge in [-0.15, -0.1) is 11.3 Å². The number of allylic oxidation sites excluding steroid dienone is 1. The van der Waals surface area contributed by atoms with Gasteiger partial charge in [-0.25, -0.2) is 0 Å². The SMILES string of the molecule is O=C1C=Cc2scc(-c3ccccc3)c21. The molecule has 0 aliphatic heterocycles. The summed E-state index contributed by atoms with van der Waals surface area (Å²) in [6.07, 6.45) is 3.54. The predicted molar refractivity (Wildman–Crippen MR) is 63.1 cm³/mol. The summed E-state index contributed by atoms with van der Waals surface area (Å²) in [5.74, 6) is 0.130. The summed E-state index contributed by atoms with van der Waals surface area (Å²) in [4.78, 5) is 12.7. The highest BCUT2D eigenvalue weighted by molar-refractivity contribution is 7.12. The van der Waals surface area contributed by atoms with Crippen LogP contribution in [-0.4, -0.2) is 5.78 Å². The molecule has 0 fully saturated rings. The van der Waals surface area contributed by atoms with Gasteiger partial charge in [0.05, 0.1) is 0 Å². The van der Waals surface area contributed by atoms with E-state index < -0.39 is 0 Å². The van der Waals surface area contributed by atoms with Crippen LogP contribution < -0.4 is 0 Å². The van der Waals surface area contributed by atoms with Crippen LogP contribution in [0, 0.1) is 0 Å². The van der Waals surface area contributed by atoms with E-state index in [1.165, 1.54) is 0 Å². The fourth-order valence-electron chi connectivity index (χ4n) is 1.81. The molecule has 1 aliphatic rings. The number of thiophene rings is 1. The molecular formula is C13H8OS. The second kappa shape index (κ2) is 3.17. The number of ketones is 1. The lowest BCUT2D eigenvalue weighted by Crippen LogP contribution is -1.91. The highest BCUT2D eigenvalue weighted by Crippen LogP contribution is 2.35. The van der Waals surface area contributed by atoms with Crippen molar-refractivity contribution >= 4 is 23.2 Å². The van der Waals surface area contributed by atoms with E-state index in [2.05, 4.69) is 5.38 Å². The monoisotopic (exact) mass is 212 g/mol. The molecule has 2 aromatic rings. The van der Waals surface area contributed by atoms with E-state index in [4.69, 9.17) is 0 Å². The van der Waals surface area contributed by atoms with Crippen molar-refractivity contribution in [3.8, 4) is 11.1 Å². The van der Waals surface area contributed by atoms with E-state index in [0.29, 0.717) is 0 Å². The molecule has 3 rings (SSSR count). The first-order chi connectivity index (χ1) is 7.36. The van der Waals surface area contributed by atoms with Gasteiger partial charge >= 0.3 is 0 Å². The van der Waals surface area contributed by atoms with Gasteiger partial charge in [0.1, 0.15) is 0 Å². The van der Waals surface area contributed by atoms with Gasteiger partial charge in [0.15, 0.2) is 5.78 Å². The summed E-state index contributed by atoms with van der Waals surface area (Å²) < 4.78 is 0. The van der Waals surface area contributed by atoms with E-state index in [0.717, 1.165) is 21.6 Å². The third-order valence-electron chi connectivity index (χ3n) is 2.54. The number of hydrogen-bond acceptors (Lipinski definition) is 2. The maximum Gasteiger partial charge on any atom is 0.187 e. The summed E-state index contributed by atoms with van der Waals surface area (Å²) in [5.41, 5.74) is 3.05. The van der Waals surface area contributed by atoms with Crippen molar-refractivity contribution in [3.05, 3.63) is 52.2 Å². The molecule has 72 valence electrons. The number of benzene rings is 1. The smallest absolute Gasteiger partial charge is 0.187 e. The second-order valence-electron chi connectivity index (χ2n) is 3.45. The second-order valence-corrected chi connectivity index (χ2v) is 4.36. The molecule has 0 saturated carbocycles. The lowest BCUT2D eigenvalue weighted by Gasteiger charge is -1.99. The van der Waals surface area contributed by atoms with Crippen molar-refractivity contribution in [3.63, 3.8) is 0 Å². The first-order valence-corrected chi connectivity index (χ1v) is 5.63. The average molecular weight is 212 g/mol. The van der Waals surface area contributed by atoms with Gasteiger partial charge < -0.3 is 0 Å². The van der Waals surface area contributed by atoms with Crippen molar-refractivity contribution in [2.24, 2.45) is 0 Å². The number of carbonyl (C=O) groups is 1. The summed E-state index contributed by atoms with van der Waals surface area (Å²) in [5, 5.41) is 2.06. The Bertz CT molecular complexity index is 549. The highest BCUT2D eigenvalue weighted by Gasteiger charge is 2.20. The first-order valence-electron chi connectivity index (χ1n) is 4.75. The molecule has 0 radical (unpaired) electrons. The molecule has 0 amide bonds. The topological polar surface area (TPSA) is 17.1 Å².